The molecule has 0 saturated heterocycles. The lowest BCUT2D eigenvalue weighted by Crippen LogP contribution is -2.32. The molecule has 0 amide bonds. The highest BCUT2D eigenvalue weighted by Crippen LogP contribution is 2.15. The van der Waals surface area contributed by atoms with Crippen molar-refractivity contribution in [2.75, 3.05) is 13.2 Å². The molecule has 0 aliphatic heterocycles. The number of esters is 1. The van der Waals surface area contributed by atoms with Crippen molar-refractivity contribution in [2.24, 2.45) is 0 Å². The van der Waals surface area contributed by atoms with Crippen molar-refractivity contribution < 1.29 is 9.53 Å². The summed E-state index contributed by atoms with van der Waals surface area (Å²) in [6, 6.07) is 0.593. The lowest BCUT2D eigenvalue weighted by molar-refractivity contribution is -0.140. The monoisotopic (exact) mass is 397 g/mol. The van der Waals surface area contributed by atoms with Crippen molar-refractivity contribution in [3.63, 3.8) is 0 Å². The summed E-state index contributed by atoms with van der Waals surface area (Å²) >= 11 is 0. The summed E-state index contributed by atoms with van der Waals surface area (Å²) in [5.41, 5.74) is 0. The number of unbranched alkanes of at least 4 members (excludes halogenated alkanes) is 14. The molecule has 0 aromatic carbocycles. The van der Waals surface area contributed by atoms with E-state index in [0.29, 0.717) is 12.6 Å². The maximum Gasteiger partial charge on any atom is 0.302 e. The van der Waals surface area contributed by atoms with Crippen LogP contribution >= 0.6 is 0 Å². The summed E-state index contributed by atoms with van der Waals surface area (Å²) < 4.78 is 5.07. The molecule has 0 unspecified atom stereocenters. The molecule has 0 saturated carbocycles. The second-order valence-corrected chi connectivity index (χ2v) is 8.52. The minimum absolute atomic E-state index is 0.176. The van der Waals surface area contributed by atoms with Gasteiger partial charge in [0.25, 0.3) is 0 Å². The third kappa shape index (κ3) is 21.7. The average Bonchev–Trinajstić information content (AvgIpc) is 2.68. The van der Waals surface area contributed by atoms with Gasteiger partial charge in [0.05, 0.1) is 0 Å². The Labute approximate surface area is 176 Å². The molecule has 1 N–H and O–H groups in total. The van der Waals surface area contributed by atoms with Crippen LogP contribution in [-0.4, -0.2) is 25.2 Å². The van der Waals surface area contributed by atoms with Gasteiger partial charge in [0, 0.05) is 19.5 Å². The Morgan fingerprint density at radius 1 is 0.679 bits per heavy atom. The van der Waals surface area contributed by atoms with Gasteiger partial charge in [-0.1, -0.05) is 117 Å². The molecule has 0 spiro atoms. The van der Waals surface area contributed by atoms with E-state index < -0.39 is 0 Å². The van der Waals surface area contributed by atoms with E-state index in [0.717, 1.165) is 6.54 Å². The number of nitrogens with one attached hydrogen (secondary N) is 1. The second kappa shape index (κ2) is 22.7. The molecule has 0 heterocycles. The SMILES string of the molecule is CCCCCCCCCCC(CCCCCCCCCC)NCCOC(C)=O. The summed E-state index contributed by atoms with van der Waals surface area (Å²) in [6.07, 6.45) is 24.6. The Balaban J connectivity index is 3.80. The summed E-state index contributed by atoms with van der Waals surface area (Å²) in [5, 5.41) is 3.64. The van der Waals surface area contributed by atoms with Crippen molar-refractivity contribution in [1.29, 1.82) is 0 Å². The van der Waals surface area contributed by atoms with E-state index in [-0.39, 0.29) is 5.97 Å². The van der Waals surface area contributed by atoms with Crippen LogP contribution in [0, 0.1) is 0 Å². The van der Waals surface area contributed by atoms with Crippen LogP contribution in [0.1, 0.15) is 136 Å². The van der Waals surface area contributed by atoms with Crippen LogP contribution in [0.4, 0.5) is 0 Å². The first-order valence-corrected chi connectivity index (χ1v) is 12.6. The summed E-state index contributed by atoms with van der Waals surface area (Å²) in [5.74, 6) is -0.176. The molecule has 0 bridgehead atoms. The zero-order valence-corrected chi connectivity index (χ0v) is 19.5. The molecule has 168 valence electrons. The summed E-state index contributed by atoms with van der Waals surface area (Å²) in [7, 11) is 0. The first-order valence-electron chi connectivity index (χ1n) is 12.6. The molecule has 0 atom stereocenters. The number of hydrogen-bond donors (Lipinski definition) is 1. The zero-order chi connectivity index (χ0) is 20.7. The van der Waals surface area contributed by atoms with Gasteiger partial charge < -0.3 is 10.1 Å². The van der Waals surface area contributed by atoms with Gasteiger partial charge in [-0.25, -0.2) is 0 Å². The van der Waals surface area contributed by atoms with E-state index in [1.54, 1.807) is 0 Å². The van der Waals surface area contributed by atoms with Crippen LogP contribution in [0.5, 0.6) is 0 Å². The topological polar surface area (TPSA) is 38.3 Å². The standard InChI is InChI=1S/C25H51NO2/c1-4-6-8-10-12-14-16-18-20-25(26-22-23-28-24(3)27)21-19-17-15-13-11-9-7-5-2/h25-26H,4-23H2,1-3H3. The maximum absolute atomic E-state index is 10.9. The van der Waals surface area contributed by atoms with Gasteiger partial charge in [-0.15, -0.1) is 0 Å². The Morgan fingerprint density at radius 3 is 1.46 bits per heavy atom. The molecule has 0 aromatic rings. The lowest BCUT2D eigenvalue weighted by atomic mass is 9.99. The third-order valence-corrected chi connectivity index (χ3v) is 5.65. The molecular weight excluding hydrogens is 346 g/mol. The van der Waals surface area contributed by atoms with Crippen LogP contribution < -0.4 is 5.32 Å². The predicted octanol–water partition coefficient (Wildman–Crippen LogP) is 7.57. The number of carbonyl (C=O) groups excluding carboxylic acids is 1. The molecule has 28 heavy (non-hydrogen) atoms. The Bertz CT molecular complexity index is 300. The Hall–Kier alpha value is -0.570. The molecule has 0 aromatic heterocycles. The van der Waals surface area contributed by atoms with Crippen molar-refractivity contribution in [3.8, 4) is 0 Å². The molecule has 0 aliphatic rings. The average molecular weight is 398 g/mol. The van der Waals surface area contributed by atoms with Gasteiger partial charge in [0.1, 0.15) is 6.61 Å². The largest absolute Gasteiger partial charge is 0.465 e. The number of hydrogen-bond acceptors (Lipinski definition) is 3. The first kappa shape index (κ1) is 27.4. The van der Waals surface area contributed by atoms with Crippen LogP contribution in [0.3, 0.4) is 0 Å². The van der Waals surface area contributed by atoms with Crippen LogP contribution in [-0.2, 0) is 9.53 Å². The quantitative estimate of drug-likeness (QED) is 0.151. The smallest absolute Gasteiger partial charge is 0.302 e. The summed E-state index contributed by atoms with van der Waals surface area (Å²) in [6.45, 7) is 7.33. The summed E-state index contributed by atoms with van der Waals surface area (Å²) in [4.78, 5) is 10.9. The highest BCUT2D eigenvalue weighted by molar-refractivity contribution is 5.65. The number of rotatable bonds is 22. The highest BCUT2D eigenvalue weighted by Gasteiger charge is 2.08. The van der Waals surface area contributed by atoms with Crippen molar-refractivity contribution in [2.45, 2.75) is 142 Å². The van der Waals surface area contributed by atoms with Gasteiger partial charge in [0.15, 0.2) is 0 Å². The van der Waals surface area contributed by atoms with E-state index in [2.05, 4.69) is 19.2 Å². The molecular formula is C25H51NO2. The molecule has 0 rings (SSSR count). The molecule has 0 aliphatic carbocycles. The second-order valence-electron chi connectivity index (χ2n) is 8.52. The van der Waals surface area contributed by atoms with Crippen LogP contribution in [0.2, 0.25) is 0 Å². The lowest BCUT2D eigenvalue weighted by Gasteiger charge is -2.19. The fraction of sp³-hybridized carbons (Fsp3) is 0.960. The van der Waals surface area contributed by atoms with Crippen molar-refractivity contribution in [3.05, 3.63) is 0 Å². The third-order valence-electron chi connectivity index (χ3n) is 5.65. The van der Waals surface area contributed by atoms with E-state index in [9.17, 15) is 4.79 Å². The van der Waals surface area contributed by atoms with E-state index in [1.165, 1.54) is 122 Å². The molecule has 3 nitrogen and oxygen atoms in total. The van der Waals surface area contributed by atoms with Crippen LogP contribution in [0.15, 0.2) is 0 Å². The minimum atomic E-state index is -0.176. The van der Waals surface area contributed by atoms with E-state index in [1.807, 2.05) is 0 Å². The normalized spacial score (nSPS) is 11.3. The van der Waals surface area contributed by atoms with Crippen LogP contribution in [0.25, 0.3) is 0 Å². The molecule has 3 heteroatoms. The maximum atomic E-state index is 10.9. The van der Waals surface area contributed by atoms with Crippen molar-refractivity contribution >= 4 is 5.97 Å². The fourth-order valence-electron chi connectivity index (χ4n) is 3.86. The predicted molar refractivity (Wildman–Crippen MR) is 123 cm³/mol. The zero-order valence-electron chi connectivity index (χ0n) is 19.5. The Kier molecular flexibility index (Phi) is 22.3. The van der Waals surface area contributed by atoms with E-state index >= 15 is 0 Å². The van der Waals surface area contributed by atoms with Gasteiger partial charge in [-0.2, -0.15) is 0 Å². The van der Waals surface area contributed by atoms with Gasteiger partial charge >= 0.3 is 5.97 Å². The van der Waals surface area contributed by atoms with Gasteiger partial charge in [-0.05, 0) is 12.8 Å². The number of carbonyl (C=O) groups is 1. The Morgan fingerprint density at radius 2 is 1.07 bits per heavy atom. The minimum Gasteiger partial charge on any atom is -0.465 e. The fourth-order valence-corrected chi connectivity index (χ4v) is 3.86. The molecule has 0 radical (unpaired) electrons. The first-order chi connectivity index (χ1) is 13.7. The molecule has 0 fully saturated rings. The van der Waals surface area contributed by atoms with Gasteiger partial charge in [0.2, 0.25) is 0 Å². The highest BCUT2D eigenvalue weighted by atomic mass is 16.5. The van der Waals surface area contributed by atoms with E-state index in [4.69, 9.17) is 4.74 Å². The van der Waals surface area contributed by atoms with Gasteiger partial charge in [-0.3, -0.25) is 4.79 Å². The van der Waals surface area contributed by atoms with Crippen molar-refractivity contribution in [1.82, 2.24) is 5.32 Å². The number of ether oxygens (including phenoxy) is 1.